The second kappa shape index (κ2) is 5.75. The molecule has 19 heavy (non-hydrogen) atoms. The Morgan fingerprint density at radius 2 is 2.16 bits per heavy atom. The molecule has 0 aliphatic heterocycles. The Hall–Kier alpha value is -2.02. The molecule has 1 aromatic carbocycles. The number of nitrogens with one attached hydrogen (secondary N) is 1. The molecule has 0 atom stereocenters. The summed E-state index contributed by atoms with van der Waals surface area (Å²) in [6.45, 7) is 2.63. The average Bonchev–Trinajstić information content (AvgIpc) is 2.87. The average molecular weight is 280 g/mol. The summed E-state index contributed by atoms with van der Waals surface area (Å²) >= 11 is 1.15. The Labute approximate surface area is 114 Å². The lowest BCUT2D eigenvalue weighted by molar-refractivity contribution is 0.0991. The van der Waals surface area contributed by atoms with Gasteiger partial charge in [-0.3, -0.25) is 4.79 Å². The summed E-state index contributed by atoms with van der Waals surface area (Å²) in [4.78, 5) is 13.4. The Morgan fingerprint density at radius 1 is 1.42 bits per heavy atom. The maximum absolute atomic E-state index is 13.6. The fraction of sp³-hybridized carbons (Fsp3) is 0.250. The number of carbonyl (C=O) groups excluding carboxylic acids is 1. The van der Waals surface area contributed by atoms with Crippen molar-refractivity contribution in [3.63, 3.8) is 0 Å². The highest BCUT2D eigenvalue weighted by Crippen LogP contribution is 2.22. The van der Waals surface area contributed by atoms with Crippen molar-refractivity contribution in [2.45, 2.75) is 6.92 Å². The zero-order chi connectivity index (χ0) is 13.8. The zero-order valence-electron chi connectivity index (χ0n) is 10.6. The van der Waals surface area contributed by atoms with Gasteiger partial charge in [-0.2, -0.15) is 0 Å². The van der Waals surface area contributed by atoms with Gasteiger partial charge in [0.2, 0.25) is 10.1 Å². The molecule has 1 amide bonds. The van der Waals surface area contributed by atoms with Crippen LogP contribution in [0.25, 0.3) is 0 Å². The van der Waals surface area contributed by atoms with E-state index < -0.39 is 5.82 Å². The quantitative estimate of drug-likeness (QED) is 0.934. The maximum Gasteiger partial charge on any atom is 0.289 e. The first-order valence-electron chi connectivity index (χ1n) is 5.73. The summed E-state index contributed by atoms with van der Waals surface area (Å²) in [6.07, 6.45) is 0. The predicted octanol–water partition coefficient (Wildman–Crippen LogP) is 2.39. The lowest BCUT2D eigenvalue weighted by Gasteiger charge is -2.15. The van der Waals surface area contributed by atoms with Crippen molar-refractivity contribution in [2.24, 2.45) is 0 Å². The van der Waals surface area contributed by atoms with Gasteiger partial charge in [-0.15, -0.1) is 10.2 Å². The van der Waals surface area contributed by atoms with Crippen LogP contribution in [0.2, 0.25) is 0 Å². The molecule has 0 radical (unpaired) electrons. The highest BCUT2D eigenvalue weighted by Gasteiger charge is 2.20. The summed E-state index contributed by atoms with van der Waals surface area (Å²) in [5.74, 6) is -0.832. The molecule has 0 bridgehead atoms. The molecular weight excluding hydrogens is 267 g/mol. The van der Waals surface area contributed by atoms with E-state index in [1.54, 1.807) is 18.2 Å². The summed E-state index contributed by atoms with van der Waals surface area (Å²) in [5, 5.41) is 11.4. The molecule has 2 rings (SSSR count). The first kappa shape index (κ1) is 13.4. The standard InChI is InChI=1S/C12H13FN4OS/c1-3-14-12-16-15-10(19-12)11(18)17(2)9-7-5-4-6-8(9)13/h4-7H,3H2,1-2H3,(H,14,16). The Bertz CT molecular complexity index is 587. The summed E-state index contributed by atoms with van der Waals surface area (Å²) in [7, 11) is 1.51. The van der Waals surface area contributed by atoms with Crippen LogP contribution in [0, 0.1) is 5.82 Å². The van der Waals surface area contributed by atoms with Crippen LogP contribution >= 0.6 is 11.3 Å². The molecule has 0 spiro atoms. The van der Waals surface area contributed by atoms with Gasteiger partial charge in [0.25, 0.3) is 5.91 Å². The van der Waals surface area contributed by atoms with E-state index in [0.29, 0.717) is 11.7 Å². The van der Waals surface area contributed by atoms with Crippen molar-refractivity contribution in [3.05, 3.63) is 35.1 Å². The van der Waals surface area contributed by atoms with Gasteiger partial charge in [0.05, 0.1) is 5.69 Å². The van der Waals surface area contributed by atoms with E-state index in [-0.39, 0.29) is 16.6 Å². The second-order valence-electron chi connectivity index (χ2n) is 3.76. The number of amides is 1. The third kappa shape index (κ3) is 2.87. The molecule has 0 aliphatic rings. The fourth-order valence-corrected chi connectivity index (χ4v) is 2.30. The van der Waals surface area contributed by atoms with Crippen LogP contribution in [0.3, 0.4) is 0 Å². The Morgan fingerprint density at radius 3 is 2.84 bits per heavy atom. The predicted molar refractivity (Wildman–Crippen MR) is 73.2 cm³/mol. The van der Waals surface area contributed by atoms with Gasteiger partial charge in [0, 0.05) is 13.6 Å². The van der Waals surface area contributed by atoms with Gasteiger partial charge in [-0.05, 0) is 19.1 Å². The molecule has 1 heterocycles. The van der Waals surface area contributed by atoms with Crippen molar-refractivity contribution < 1.29 is 9.18 Å². The minimum absolute atomic E-state index is 0.215. The number of aromatic nitrogens is 2. The summed E-state index contributed by atoms with van der Waals surface area (Å²) in [5.41, 5.74) is 0.215. The molecule has 2 aromatic rings. The van der Waals surface area contributed by atoms with Crippen molar-refractivity contribution in [3.8, 4) is 0 Å². The van der Waals surface area contributed by atoms with Crippen molar-refractivity contribution in [1.82, 2.24) is 10.2 Å². The van der Waals surface area contributed by atoms with E-state index in [1.807, 2.05) is 6.92 Å². The molecule has 0 unspecified atom stereocenters. The van der Waals surface area contributed by atoms with Gasteiger partial charge in [0.1, 0.15) is 5.82 Å². The smallest absolute Gasteiger partial charge is 0.289 e. The summed E-state index contributed by atoms with van der Waals surface area (Å²) < 4.78 is 13.6. The zero-order valence-corrected chi connectivity index (χ0v) is 11.4. The van der Waals surface area contributed by atoms with Crippen LogP contribution in [-0.2, 0) is 0 Å². The van der Waals surface area contributed by atoms with Crippen molar-refractivity contribution >= 4 is 28.1 Å². The monoisotopic (exact) mass is 280 g/mol. The number of hydrogen-bond acceptors (Lipinski definition) is 5. The second-order valence-corrected chi connectivity index (χ2v) is 4.74. The number of anilines is 2. The van der Waals surface area contributed by atoms with E-state index in [0.717, 1.165) is 11.3 Å². The molecule has 0 saturated carbocycles. The number of halogens is 1. The Balaban J connectivity index is 2.21. The summed E-state index contributed by atoms with van der Waals surface area (Å²) in [6, 6.07) is 6.10. The van der Waals surface area contributed by atoms with Gasteiger partial charge in [0.15, 0.2) is 0 Å². The lowest BCUT2D eigenvalue weighted by atomic mass is 10.3. The fourth-order valence-electron chi connectivity index (χ4n) is 1.51. The van der Waals surface area contributed by atoms with Gasteiger partial charge >= 0.3 is 0 Å². The molecule has 0 saturated heterocycles. The van der Waals surface area contributed by atoms with Crippen LogP contribution in [0.1, 0.15) is 16.7 Å². The van der Waals surface area contributed by atoms with E-state index >= 15 is 0 Å². The minimum Gasteiger partial charge on any atom is -0.360 e. The van der Waals surface area contributed by atoms with Crippen LogP contribution in [0.15, 0.2) is 24.3 Å². The molecule has 1 aromatic heterocycles. The third-order valence-corrected chi connectivity index (χ3v) is 3.32. The molecule has 1 N–H and O–H groups in total. The highest BCUT2D eigenvalue weighted by molar-refractivity contribution is 7.17. The number of rotatable bonds is 4. The van der Waals surface area contributed by atoms with Crippen LogP contribution in [-0.4, -0.2) is 29.7 Å². The first-order valence-corrected chi connectivity index (χ1v) is 6.55. The molecule has 0 fully saturated rings. The van der Waals surface area contributed by atoms with Gasteiger partial charge in [-0.1, -0.05) is 23.5 Å². The molecular formula is C12H13FN4OS. The van der Waals surface area contributed by atoms with E-state index in [1.165, 1.54) is 18.0 Å². The highest BCUT2D eigenvalue weighted by atomic mass is 32.1. The van der Waals surface area contributed by atoms with Crippen LogP contribution in [0.5, 0.6) is 0 Å². The van der Waals surface area contributed by atoms with Crippen LogP contribution < -0.4 is 10.2 Å². The normalized spacial score (nSPS) is 10.3. The SMILES string of the molecule is CCNc1nnc(C(=O)N(C)c2ccccc2F)s1. The topological polar surface area (TPSA) is 58.1 Å². The molecule has 100 valence electrons. The largest absolute Gasteiger partial charge is 0.360 e. The number of nitrogens with zero attached hydrogens (tertiary/aromatic N) is 3. The molecule has 0 aliphatic carbocycles. The van der Waals surface area contributed by atoms with E-state index in [9.17, 15) is 9.18 Å². The molecule has 5 nitrogen and oxygen atoms in total. The first-order chi connectivity index (χ1) is 9.13. The maximum atomic E-state index is 13.6. The number of benzene rings is 1. The lowest BCUT2D eigenvalue weighted by Crippen LogP contribution is -2.26. The molecule has 7 heteroatoms. The van der Waals surface area contributed by atoms with E-state index in [2.05, 4.69) is 15.5 Å². The van der Waals surface area contributed by atoms with Gasteiger partial charge < -0.3 is 10.2 Å². The van der Waals surface area contributed by atoms with Crippen molar-refractivity contribution in [2.75, 3.05) is 23.8 Å². The minimum atomic E-state index is -0.449. The number of hydrogen-bond donors (Lipinski definition) is 1. The number of para-hydroxylation sites is 1. The van der Waals surface area contributed by atoms with Gasteiger partial charge in [-0.25, -0.2) is 4.39 Å². The third-order valence-electron chi connectivity index (χ3n) is 2.45. The van der Waals surface area contributed by atoms with Crippen molar-refractivity contribution in [1.29, 1.82) is 0 Å². The van der Waals surface area contributed by atoms with E-state index in [4.69, 9.17) is 0 Å². The van der Waals surface area contributed by atoms with Crippen LogP contribution in [0.4, 0.5) is 15.2 Å². The number of carbonyl (C=O) groups is 1. The Kier molecular flexibility index (Phi) is 4.06.